The van der Waals surface area contributed by atoms with Crippen molar-refractivity contribution in [3.8, 4) is 11.5 Å². The SMILES string of the molecule is COc1ccc(OCc2noc(CNC(=O)c3ccccc3Cl)n2)cc1. The molecule has 134 valence electrons. The Labute approximate surface area is 154 Å². The number of rotatable bonds is 7. The highest BCUT2D eigenvalue weighted by atomic mass is 35.5. The predicted octanol–water partition coefficient (Wildman–Crippen LogP) is 3.24. The van der Waals surface area contributed by atoms with Crippen LogP contribution in [0.2, 0.25) is 5.02 Å². The average molecular weight is 374 g/mol. The van der Waals surface area contributed by atoms with E-state index in [1.54, 1.807) is 55.6 Å². The molecule has 0 atom stereocenters. The van der Waals surface area contributed by atoms with Gasteiger partial charge in [0.05, 0.1) is 24.2 Å². The molecule has 0 aliphatic carbocycles. The molecule has 1 heterocycles. The molecule has 7 nitrogen and oxygen atoms in total. The quantitative estimate of drug-likeness (QED) is 0.684. The van der Waals surface area contributed by atoms with Gasteiger partial charge in [-0.1, -0.05) is 28.9 Å². The summed E-state index contributed by atoms with van der Waals surface area (Å²) in [5, 5.41) is 6.88. The third kappa shape index (κ3) is 4.52. The second-order valence-corrected chi connectivity index (χ2v) is 5.64. The first-order valence-corrected chi connectivity index (χ1v) is 8.14. The van der Waals surface area contributed by atoms with Crippen molar-refractivity contribution in [1.29, 1.82) is 0 Å². The fraction of sp³-hybridized carbons (Fsp3) is 0.167. The molecule has 26 heavy (non-hydrogen) atoms. The second-order valence-electron chi connectivity index (χ2n) is 5.23. The van der Waals surface area contributed by atoms with Crippen molar-refractivity contribution in [2.24, 2.45) is 0 Å². The van der Waals surface area contributed by atoms with Crippen LogP contribution >= 0.6 is 11.6 Å². The van der Waals surface area contributed by atoms with E-state index in [1.165, 1.54) is 0 Å². The minimum atomic E-state index is -0.315. The van der Waals surface area contributed by atoms with Crippen molar-refractivity contribution < 1.29 is 18.8 Å². The van der Waals surface area contributed by atoms with Gasteiger partial charge in [-0.15, -0.1) is 0 Å². The van der Waals surface area contributed by atoms with Crippen LogP contribution in [0, 0.1) is 0 Å². The van der Waals surface area contributed by atoms with Crippen molar-refractivity contribution in [2.45, 2.75) is 13.2 Å². The topological polar surface area (TPSA) is 86.5 Å². The average Bonchev–Trinajstić information content (AvgIpc) is 3.13. The van der Waals surface area contributed by atoms with Crippen molar-refractivity contribution in [1.82, 2.24) is 15.5 Å². The zero-order chi connectivity index (χ0) is 18.4. The van der Waals surface area contributed by atoms with Gasteiger partial charge in [0.1, 0.15) is 11.5 Å². The number of ether oxygens (including phenoxy) is 2. The monoisotopic (exact) mass is 373 g/mol. The number of carbonyl (C=O) groups excluding carboxylic acids is 1. The van der Waals surface area contributed by atoms with E-state index in [2.05, 4.69) is 15.5 Å². The summed E-state index contributed by atoms with van der Waals surface area (Å²) >= 11 is 5.99. The summed E-state index contributed by atoms with van der Waals surface area (Å²) in [6.07, 6.45) is 0. The number of benzene rings is 2. The molecule has 0 aliphatic heterocycles. The van der Waals surface area contributed by atoms with Crippen LogP contribution in [-0.4, -0.2) is 23.2 Å². The summed E-state index contributed by atoms with van der Waals surface area (Å²) in [5.41, 5.74) is 0.386. The zero-order valence-corrected chi connectivity index (χ0v) is 14.7. The van der Waals surface area contributed by atoms with Crippen LogP contribution in [0.4, 0.5) is 0 Å². The first-order chi connectivity index (χ1) is 12.7. The molecule has 0 unspecified atom stereocenters. The van der Waals surface area contributed by atoms with Crippen LogP contribution in [0.1, 0.15) is 22.1 Å². The lowest BCUT2D eigenvalue weighted by Gasteiger charge is -2.04. The lowest BCUT2D eigenvalue weighted by Crippen LogP contribution is -2.23. The number of nitrogens with one attached hydrogen (secondary N) is 1. The van der Waals surface area contributed by atoms with E-state index in [0.29, 0.717) is 22.2 Å². The van der Waals surface area contributed by atoms with Crippen LogP contribution in [0.3, 0.4) is 0 Å². The molecule has 0 bridgehead atoms. The molecule has 3 rings (SSSR count). The highest BCUT2D eigenvalue weighted by Gasteiger charge is 2.12. The van der Waals surface area contributed by atoms with Crippen molar-refractivity contribution in [3.63, 3.8) is 0 Å². The molecular formula is C18H16ClN3O4. The van der Waals surface area contributed by atoms with Gasteiger partial charge in [0.15, 0.2) is 6.61 Å². The van der Waals surface area contributed by atoms with E-state index in [9.17, 15) is 4.79 Å². The molecule has 0 fully saturated rings. The molecule has 1 N–H and O–H groups in total. The van der Waals surface area contributed by atoms with Gasteiger partial charge < -0.3 is 19.3 Å². The van der Waals surface area contributed by atoms with Gasteiger partial charge in [-0.05, 0) is 36.4 Å². The highest BCUT2D eigenvalue weighted by molar-refractivity contribution is 6.33. The van der Waals surface area contributed by atoms with E-state index in [-0.39, 0.29) is 24.9 Å². The molecule has 3 aromatic rings. The predicted molar refractivity (Wildman–Crippen MR) is 94.2 cm³/mol. The van der Waals surface area contributed by atoms with E-state index < -0.39 is 0 Å². The number of hydrogen-bond acceptors (Lipinski definition) is 6. The van der Waals surface area contributed by atoms with Gasteiger partial charge in [-0.2, -0.15) is 4.98 Å². The number of carbonyl (C=O) groups is 1. The minimum Gasteiger partial charge on any atom is -0.497 e. The zero-order valence-electron chi connectivity index (χ0n) is 13.9. The van der Waals surface area contributed by atoms with Gasteiger partial charge in [-0.25, -0.2) is 0 Å². The molecular weight excluding hydrogens is 358 g/mol. The standard InChI is InChI=1S/C18H16ClN3O4/c1-24-12-6-8-13(9-7-12)25-11-16-21-17(26-22-16)10-20-18(23)14-4-2-3-5-15(14)19/h2-9H,10-11H2,1H3,(H,20,23). The molecule has 0 aliphatic rings. The van der Waals surface area contributed by atoms with E-state index >= 15 is 0 Å². The molecule has 8 heteroatoms. The normalized spacial score (nSPS) is 10.4. The number of nitrogens with zero attached hydrogens (tertiary/aromatic N) is 2. The molecule has 1 amide bonds. The maximum Gasteiger partial charge on any atom is 0.253 e. The Morgan fingerprint density at radius 2 is 1.88 bits per heavy atom. The van der Waals surface area contributed by atoms with Crippen LogP contribution in [-0.2, 0) is 13.2 Å². The molecule has 2 aromatic carbocycles. The Hall–Kier alpha value is -3.06. The molecule has 0 radical (unpaired) electrons. The smallest absolute Gasteiger partial charge is 0.253 e. The van der Waals surface area contributed by atoms with Gasteiger partial charge in [0.25, 0.3) is 5.91 Å². The Balaban J connectivity index is 1.51. The highest BCUT2D eigenvalue weighted by Crippen LogP contribution is 2.18. The molecule has 0 saturated carbocycles. The first-order valence-electron chi connectivity index (χ1n) is 7.77. The summed E-state index contributed by atoms with van der Waals surface area (Å²) in [7, 11) is 1.60. The van der Waals surface area contributed by atoms with E-state index in [4.69, 9.17) is 25.6 Å². The Bertz CT molecular complexity index is 880. The summed E-state index contributed by atoms with van der Waals surface area (Å²) in [4.78, 5) is 16.3. The van der Waals surface area contributed by atoms with Gasteiger partial charge in [-0.3, -0.25) is 4.79 Å². The maximum absolute atomic E-state index is 12.1. The maximum atomic E-state index is 12.1. The lowest BCUT2D eigenvalue weighted by molar-refractivity contribution is 0.0946. The number of aromatic nitrogens is 2. The number of methoxy groups -OCH3 is 1. The van der Waals surface area contributed by atoms with E-state index in [0.717, 1.165) is 5.75 Å². The Kier molecular flexibility index (Phi) is 5.70. The molecule has 0 saturated heterocycles. The second kappa shape index (κ2) is 8.35. The molecule has 1 aromatic heterocycles. The largest absolute Gasteiger partial charge is 0.497 e. The first kappa shape index (κ1) is 17.8. The van der Waals surface area contributed by atoms with Gasteiger partial charge in [0, 0.05) is 0 Å². The summed E-state index contributed by atoms with van der Waals surface area (Å²) in [5.74, 6) is 1.74. The fourth-order valence-electron chi connectivity index (χ4n) is 2.14. The summed E-state index contributed by atoms with van der Waals surface area (Å²) in [6, 6.07) is 13.9. The van der Waals surface area contributed by atoms with Crippen LogP contribution < -0.4 is 14.8 Å². The Morgan fingerprint density at radius 1 is 1.15 bits per heavy atom. The van der Waals surface area contributed by atoms with Crippen molar-refractivity contribution in [2.75, 3.05) is 7.11 Å². The minimum absolute atomic E-state index is 0.0968. The number of hydrogen-bond donors (Lipinski definition) is 1. The van der Waals surface area contributed by atoms with Crippen LogP contribution in [0.15, 0.2) is 53.1 Å². The van der Waals surface area contributed by atoms with E-state index in [1.807, 2.05) is 0 Å². The fourth-order valence-corrected chi connectivity index (χ4v) is 2.36. The Morgan fingerprint density at radius 3 is 2.62 bits per heavy atom. The van der Waals surface area contributed by atoms with Crippen molar-refractivity contribution in [3.05, 3.63) is 70.8 Å². The van der Waals surface area contributed by atoms with Gasteiger partial charge >= 0.3 is 0 Å². The van der Waals surface area contributed by atoms with Gasteiger partial charge in [0.2, 0.25) is 11.7 Å². The summed E-state index contributed by atoms with van der Waals surface area (Å²) < 4.78 is 15.8. The van der Waals surface area contributed by atoms with Crippen LogP contribution in [0.5, 0.6) is 11.5 Å². The third-order valence-corrected chi connectivity index (χ3v) is 3.79. The number of halogens is 1. The lowest BCUT2D eigenvalue weighted by atomic mass is 10.2. The summed E-state index contributed by atoms with van der Waals surface area (Å²) in [6.45, 7) is 0.244. The van der Waals surface area contributed by atoms with Crippen molar-refractivity contribution >= 4 is 17.5 Å². The van der Waals surface area contributed by atoms with Crippen LogP contribution in [0.25, 0.3) is 0 Å². The number of amides is 1. The third-order valence-electron chi connectivity index (χ3n) is 3.46. The molecule has 0 spiro atoms.